The van der Waals surface area contributed by atoms with E-state index >= 15 is 0 Å². The van der Waals surface area contributed by atoms with Gasteiger partial charge in [0.1, 0.15) is 0 Å². The highest BCUT2D eigenvalue weighted by molar-refractivity contribution is 5.98. The van der Waals surface area contributed by atoms with E-state index in [9.17, 15) is 14.4 Å². The topological polar surface area (TPSA) is 158 Å². The van der Waals surface area contributed by atoms with Crippen molar-refractivity contribution in [2.24, 2.45) is 16.9 Å². The van der Waals surface area contributed by atoms with Crippen LogP contribution in [0.3, 0.4) is 0 Å². The van der Waals surface area contributed by atoms with Crippen LogP contribution in [-0.2, 0) is 14.4 Å². The molecule has 0 saturated heterocycles. The van der Waals surface area contributed by atoms with Crippen molar-refractivity contribution in [2.45, 2.75) is 57.9 Å². The highest BCUT2D eigenvalue weighted by Gasteiger charge is 2.34. The molecule has 1 fully saturated rings. The minimum absolute atomic E-state index is 0.131. The number of amides is 1. The number of carboxylic acids is 1. The molecule has 2 rings (SSSR count). The van der Waals surface area contributed by atoms with E-state index in [2.05, 4.69) is 10.3 Å². The number of esters is 1. The standard InChI is InChI=1S/C19H28N4O5/c1-12-17(28-16(26)10-19(11-20)6-3-2-4-7-19)14(5-8-22-12)23-18(27)13(21)9-15(24)25/h5,8,13H,2-4,6-7,9-11,20-21H2,1H3,(H,24,25)(H,22,23,27)/t13-/m0/s1. The normalized spacial score (nSPS) is 16.8. The van der Waals surface area contributed by atoms with Crippen LogP contribution in [0.25, 0.3) is 0 Å². The van der Waals surface area contributed by atoms with E-state index in [1.54, 1.807) is 6.92 Å². The average molecular weight is 392 g/mol. The van der Waals surface area contributed by atoms with Gasteiger partial charge in [0.2, 0.25) is 5.91 Å². The molecule has 0 aromatic carbocycles. The number of carbonyl (C=O) groups is 3. The Balaban J connectivity index is 2.11. The number of carbonyl (C=O) groups excluding carboxylic acids is 2. The molecule has 1 aliphatic carbocycles. The maximum Gasteiger partial charge on any atom is 0.311 e. The van der Waals surface area contributed by atoms with Gasteiger partial charge in [0.15, 0.2) is 5.75 Å². The summed E-state index contributed by atoms with van der Waals surface area (Å²) in [5.74, 6) is -2.17. The number of nitrogens with two attached hydrogens (primary N) is 2. The molecule has 0 aliphatic heterocycles. The second-order valence-corrected chi connectivity index (χ2v) is 7.38. The van der Waals surface area contributed by atoms with Gasteiger partial charge in [-0.15, -0.1) is 0 Å². The van der Waals surface area contributed by atoms with Crippen molar-refractivity contribution in [1.29, 1.82) is 0 Å². The lowest BCUT2D eigenvalue weighted by atomic mass is 9.72. The fourth-order valence-electron chi connectivity index (χ4n) is 3.50. The average Bonchev–Trinajstić information content (AvgIpc) is 2.64. The Kier molecular flexibility index (Phi) is 7.47. The van der Waals surface area contributed by atoms with Gasteiger partial charge in [0.25, 0.3) is 0 Å². The molecule has 6 N–H and O–H groups in total. The van der Waals surface area contributed by atoms with Gasteiger partial charge in [0, 0.05) is 6.20 Å². The maximum atomic E-state index is 12.6. The summed E-state index contributed by atoms with van der Waals surface area (Å²) in [6.07, 6.45) is 6.14. The van der Waals surface area contributed by atoms with Crippen molar-refractivity contribution < 1.29 is 24.2 Å². The van der Waals surface area contributed by atoms with Crippen molar-refractivity contribution in [1.82, 2.24) is 4.98 Å². The molecule has 1 aromatic heterocycles. The van der Waals surface area contributed by atoms with Crippen LogP contribution in [-0.4, -0.2) is 40.5 Å². The van der Waals surface area contributed by atoms with Crippen LogP contribution in [0.2, 0.25) is 0 Å². The van der Waals surface area contributed by atoms with Crippen molar-refractivity contribution in [3.63, 3.8) is 0 Å². The fourth-order valence-corrected chi connectivity index (χ4v) is 3.50. The summed E-state index contributed by atoms with van der Waals surface area (Å²) in [6.45, 7) is 2.07. The van der Waals surface area contributed by atoms with Gasteiger partial charge in [0.05, 0.1) is 30.3 Å². The number of ether oxygens (including phenoxy) is 1. The van der Waals surface area contributed by atoms with E-state index in [0.29, 0.717) is 12.2 Å². The van der Waals surface area contributed by atoms with E-state index in [4.69, 9.17) is 21.3 Å². The number of rotatable bonds is 8. The number of nitrogens with one attached hydrogen (secondary N) is 1. The zero-order valence-corrected chi connectivity index (χ0v) is 16.1. The van der Waals surface area contributed by atoms with Gasteiger partial charge in [-0.1, -0.05) is 19.3 Å². The first kappa shape index (κ1) is 21.8. The van der Waals surface area contributed by atoms with Gasteiger partial charge in [-0.3, -0.25) is 19.4 Å². The molecular weight excluding hydrogens is 364 g/mol. The smallest absolute Gasteiger partial charge is 0.311 e. The Morgan fingerprint density at radius 2 is 2.00 bits per heavy atom. The zero-order valence-electron chi connectivity index (χ0n) is 16.1. The molecule has 9 heteroatoms. The van der Waals surface area contributed by atoms with Crippen LogP contribution in [0.4, 0.5) is 5.69 Å². The summed E-state index contributed by atoms with van der Waals surface area (Å²) in [6, 6.07) is 0.248. The van der Waals surface area contributed by atoms with Crippen molar-refractivity contribution in [3.05, 3.63) is 18.0 Å². The molecule has 1 heterocycles. The molecule has 1 atom stereocenters. The molecule has 1 aromatic rings. The Labute approximate surface area is 163 Å². The van der Waals surface area contributed by atoms with Crippen molar-refractivity contribution in [3.8, 4) is 5.75 Å². The maximum absolute atomic E-state index is 12.6. The predicted octanol–water partition coefficient (Wildman–Crippen LogP) is 1.34. The summed E-state index contributed by atoms with van der Waals surface area (Å²) < 4.78 is 5.54. The number of hydrogen-bond donors (Lipinski definition) is 4. The van der Waals surface area contributed by atoms with E-state index in [-0.39, 0.29) is 23.3 Å². The molecule has 154 valence electrons. The number of hydrogen-bond acceptors (Lipinski definition) is 7. The van der Waals surface area contributed by atoms with Crippen molar-refractivity contribution >= 4 is 23.5 Å². The van der Waals surface area contributed by atoms with E-state index in [0.717, 1.165) is 32.1 Å². The Morgan fingerprint density at radius 3 is 2.61 bits per heavy atom. The molecule has 1 aliphatic rings. The third-order valence-electron chi connectivity index (χ3n) is 5.15. The number of nitrogens with zero attached hydrogens (tertiary/aromatic N) is 1. The summed E-state index contributed by atoms with van der Waals surface area (Å²) in [4.78, 5) is 39.6. The summed E-state index contributed by atoms with van der Waals surface area (Å²) >= 11 is 0. The van der Waals surface area contributed by atoms with Crippen LogP contribution < -0.4 is 21.5 Å². The van der Waals surface area contributed by atoms with Gasteiger partial charge in [-0.2, -0.15) is 0 Å². The van der Waals surface area contributed by atoms with Gasteiger partial charge < -0.3 is 26.6 Å². The van der Waals surface area contributed by atoms with Gasteiger partial charge in [-0.05, 0) is 37.8 Å². The van der Waals surface area contributed by atoms with Gasteiger partial charge in [-0.25, -0.2) is 0 Å². The third kappa shape index (κ3) is 5.74. The molecule has 28 heavy (non-hydrogen) atoms. The van der Waals surface area contributed by atoms with Crippen LogP contribution in [0.1, 0.15) is 50.6 Å². The number of anilines is 1. The number of aromatic nitrogens is 1. The highest BCUT2D eigenvalue weighted by atomic mass is 16.5. The number of aryl methyl sites for hydroxylation is 1. The first-order chi connectivity index (χ1) is 13.3. The minimum atomic E-state index is -1.22. The second-order valence-electron chi connectivity index (χ2n) is 7.38. The number of aliphatic carboxylic acids is 1. The van der Waals surface area contributed by atoms with Crippen LogP contribution >= 0.6 is 0 Å². The second kappa shape index (κ2) is 9.61. The van der Waals surface area contributed by atoms with Crippen molar-refractivity contribution in [2.75, 3.05) is 11.9 Å². The largest absolute Gasteiger partial charge is 0.481 e. The molecule has 0 radical (unpaired) electrons. The van der Waals surface area contributed by atoms with Crippen LogP contribution in [0.15, 0.2) is 12.3 Å². The highest BCUT2D eigenvalue weighted by Crippen LogP contribution is 2.39. The zero-order chi connectivity index (χ0) is 20.7. The van der Waals surface area contributed by atoms with Crippen LogP contribution in [0, 0.1) is 12.3 Å². The first-order valence-electron chi connectivity index (χ1n) is 9.41. The van der Waals surface area contributed by atoms with Crippen LogP contribution in [0.5, 0.6) is 5.75 Å². The Hall–Kier alpha value is -2.52. The first-order valence-corrected chi connectivity index (χ1v) is 9.41. The molecule has 0 bridgehead atoms. The molecule has 1 amide bonds. The molecule has 9 nitrogen and oxygen atoms in total. The summed E-state index contributed by atoms with van der Waals surface area (Å²) in [5.41, 5.74) is 11.9. The monoisotopic (exact) mass is 392 g/mol. The summed E-state index contributed by atoms with van der Waals surface area (Å²) in [7, 11) is 0. The lowest BCUT2D eigenvalue weighted by Gasteiger charge is -2.35. The SMILES string of the molecule is Cc1nccc(NC(=O)[C@@H](N)CC(=O)O)c1OC(=O)CC1(CN)CCCCC1. The molecule has 0 spiro atoms. The predicted molar refractivity (Wildman–Crippen MR) is 103 cm³/mol. The fraction of sp³-hybridized carbons (Fsp3) is 0.579. The molecular formula is C19H28N4O5. The van der Waals surface area contributed by atoms with E-state index in [1.165, 1.54) is 12.3 Å². The quantitative estimate of drug-likeness (QED) is 0.482. The Bertz CT molecular complexity index is 731. The minimum Gasteiger partial charge on any atom is -0.481 e. The number of carboxylic acid groups (broad SMARTS) is 1. The molecule has 0 unspecified atom stereocenters. The number of pyridine rings is 1. The summed E-state index contributed by atoms with van der Waals surface area (Å²) in [5, 5.41) is 11.3. The molecule has 1 saturated carbocycles. The third-order valence-corrected chi connectivity index (χ3v) is 5.15. The lowest BCUT2D eigenvalue weighted by molar-refractivity contribution is -0.139. The van der Waals surface area contributed by atoms with E-state index < -0.39 is 30.3 Å². The lowest BCUT2D eigenvalue weighted by Crippen LogP contribution is -2.38. The Morgan fingerprint density at radius 1 is 1.32 bits per heavy atom. The van der Waals surface area contributed by atoms with Gasteiger partial charge >= 0.3 is 11.9 Å². The van der Waals surface area contributed by atoms with E-state index in [1.807, 2.05) is 0 Å².